The highest BCUT2D eigenvalue weighted by molar-refractivity contribution is 7.13. The normalized spacial score (nSPS) is 12.0. The summed E-state index contributed by atoms with van der Waals surface area (Å²) < 4.78 is 10.6. The summed E-state index contributed by atoms with van der Waals surface area (Å²) in [5.74, 6) is 1.04. The van der Waals surface area contributed by atoms with Crippen molar-refractivity contribution in [1.29, 1.82) is 0 Å². The zero-order valence-electron chi connectivity index (χ0n) is 13.3. The molecule has 2 N–H and O–H groups in total. The fraction of sp³-hybridized carbons (Fsp3) is 0.294. The Morgan fingerprint density at radius 1 is 1.12 bits per heavy atom. The Morgan fingerprint density at radius 3 is 2.75 bits per heavy atom. The lowest BCUT2D eigenvalue weighted by molar-refractivity contribution is -0.120. The first kappa shape index (κ1) is 16.3. The Bertz CT molecular complexity index is 757. The Kier molecular flexibility index (Phi) is 5.00. The van der Waals surface area contributed by atoms with Crippen LogP contribution in [0.15, 0.2) is 30.3 Å². The van der Waals surface area contributed by atoms with E-state index in [1.165, 1.54) is 11.3 Å². The lowest BCUT2D eigenvalue weighted by Crippen LogP contribution is -2.37. The molecule has 126 valence electrons. The second kappa shape index (κ2) is 7.35. The van der Waals surface area contributed by atoms with Crippen LogP contribution in [0.4, 0.5) is 0 Å². The highest BCUT2D eigenvalue weighted by Gasteiger charge is 2.13. The maximum atomic E-state index is 11.9. The van der Waals surface area contributed by atoms with Crippen molar-refractivity contribution in [3.63, 3.8) is 0 Å². The molecular weight excluding hydrogens is 328 g/mol. The van der Waals surface area contributed by atoms with Gasteiger partial charge in [0.1, 0.15) is 0 Å². The van der Waals surface area contributed by atoms with E-state index in [2.05, 4.69) is 10.6 Å². The molecule has 1 aromatic heterocycles. The minimum Gasteiger partial charge on any atom is -0.454 e. The standard InChI is InChI=1S/C17H18N2O4S/c1-11-2-5-15(24-11)17(21)19-9-16(20)18-7-6-12-3-4-13-14(8-12)23-10-22-13/h2-5,8H,6-7,9-10H2,1H3,(H,18,20)(H,19,21). The number of thiophene rings is 1. The van der Waals surface area contributed by atoms with Gasteiger partial charge in [-0.05, 0) is 43.2 Å². The van der Waals surface area contributed by atoms with Gasteiger partial charge in [-0.1, -0.05) is 6.07 Å². The van der Waals surface area contributed by atoms with Crippen molar-refractivity contribution in [1.82, 2.24) is 10.6 Å². The Hall–Kier alpha value is -2.54. The fourth-order valence-electron chi connectivity index (χ4n) is 2.31. The Morgan fingerprint density at radius 2 is 1.96 bits per heavy atom. The van der Waals surface area contributed by atoms with Crippen LogP contribution in [-0.2, 0) is 11.2 Å². The van der Waals surface area contributed by atoms with E-state index in [0.717, 1.165) is 21.9 Å². The Balaban J connectivity index is 1.39. The first-order chi connectivity index (χ1) is 11.6. The van der Waals surface area contributed by atoms with Crippen LogP contribution < -0.4 is 20.1 Å². The molecule has 1 aromatic carbocycles. The first-order valence-electron chi connectivity index (χ1n) is 7.62. The molecule has 6 nitrogen and oxygen atoms in total. The number of benzene rings is 1. The lowest BCUT2D eigenvalue weighted by atomic mass is 10.1. The topological polar surface area (TPSA) is 76.7 Å². The third-order valence-electron chi connectivity index (χ3n) is 3.55. The molecule has 2 aromatic rings. The summed E-state index contributed by atoms with van der Waals surface area (Å²) in [5.41, 5.74) is 1.05. The largest absolute Gasteiger partial charge is 0.454 e. The molecule has 1 aliphatic rings. The summed E-state index contributed by atoms with van der Waals surface area (Å²) in [6, 6.07) is 9.36. The summed E-state index contributed by atoms with van der Waals surface area (Å²) in [6.45, 7) is 2.65. The third-order valence-corrected chi connectivity index (χ3v) is 4.55. The molecule has 0 aliphatic carbocycles. The van der Waals surface area contributed by atoms with Gasteiger partial charge in [0.2, 0.25) is 12.7 Å². The molecule has 0 spiro atoms. The molecule has 1 aliphatic heterocycles. The van der Waals surface area contributed by atoms with Crippen molar-refractivity contribution >= 4 is 23.2 Å². The average Bonchev–Trinajstić information content (AvgIpc) is 3.21. The second-order valence-electron chi connectivity index (χ2n) is 5.38. The van der Waals surface area contributed by atoms with E-state index < -0.39 is 0 Å². The van der Waals surface area contributed by atoms with Gasteiger partial charge in [-0.2, -0.15) is 0 Å². The number of fused-ring (bicyclic) bond motifs is 1. The molecule has 24 heavy (non-hydrogen) atoms. The smallest absolute Gasteiger partial charge is 0.261 e. The van der Waals surface area contributed by atoms with Crippen molar-refractivity contribution in [2.75, 3.05) is 19.9 Å². The van der Waals surface area contributed by atoms with Crippen LogP contribution in [0.2, 0.25) is 0 Å². The second-order valence-corrected chi connectivity index (χ2v) is 6.67. The molecule has 0 atom stereocenters. The average molecular weight is 346 g/mol. The van der Waals surface area contributed by atoms with Gasteiger partial charge in [-0.15, -0.1) is 11.3 Å². The highest BCUT2D eigenvalue weighted by atomic mass is 32.1. The van der Waals surface area contributed by atoms with Crippen LogP contribution in [0, 0.1) is 6.92 Å². The van der Waals surface area contributed by atoms with Crippen molar-refractivity contribution in [3.05, 3.63) is 45.6 Å². The number of rotatable bonds is 6. The fourth-order valence-corrected chi connectivity index (χ4v) is 3.09. The molecular formula is C17H18N2O4S. The van der Waals surface area contributed by atoms with Gasteiger partial charge in [0.15, 0.2) is 11.5 Å². The van der Waals surface area contributed by atoms with Crippen LogP contribution in [0.25, 0.3) is 0 Å². The highest BCUT2D eigenvalue weighted by Crippen LogP contribution is 2.32. The molecule has 2 heterocycles. The number of aryl methyl sites for hydroxylation is 1. The van der Waals surface area contributed by atoms with Crippen LogP contribution >= 0.6 is 11.3 Å². The van der Waals surface area contributed by atoms with Gasteiger partial charge >= 0.3 is 0 Å². The van der Waals surface area contributed by atoms with E-state index >= 15 is 0 Å². The number of carbonyl (C=O) groups is 2. The number of amides is 2. The Labute approximate surface area is 143 Å². The third kappa shape index (κ3) is 4.05. The number of ether oxygens (including phenoxy) is 2. The molecule has 2 amide bonds. The molecule has 0 bridgehead atoms. The van der Waals surface area contributed by atoms with Crippen LogP contribution in [0.1, 0.15) is 20.1 Å². The summed E-state index contributed by atoms with van der Waals surface area (Å²) in [5, 5.41) is 5.41. The van der Waals surface area contributed by atoms with Crippen molar-refractivity contribution < 1.29 is 19.1 Å². The van der Waals surface area contributed by atoms with E-state index in [4.69, 9.17) is 9.47 Å². The van der Waals surface area contributed by atoms with Gasteiger partial charge in [-0.25, -0.2) is 0 Å². The summed E-state index contributed by atoms with van der Waals surface area (Å²) in [4.78, 5) is 25.3. The SMILES string of the molecule is Cc1ccc(C(=O)NCC(=O)NCCc2ccc3c(c2)OCO3)s1. The lowest BCUT2D eigenvalue weighted by Gasteiger charge is -2.07. The molecule has 0 fully saturated rings. The number of carbonyl (C=O) groups excluding carboxylic acids is 2. The number of hydrogen-bond donors (Lipinski definition) is 2. The van der Waals surface area contributed by atoms with Gasteiger partial charge in [0, 0.05) is 11.4 Å². The van der Waals surface area contributed by atoms with Crippen molar-refractivity contribution in [2.24, 2.45) is 0 Å². The quantitative estimate of drug-likeness (QED) is 0.837. The van der Waals surface area contributed by atoms with Crippen molar-refractivity contribution in [3.8, 4) is 11.5 Å². The molecule has 0 radical (unpaired) electrons. The van der Waals surface area contributed by atoms with Gasteiger partial charge in [0.05, 0.1) is 11.4 Å². The number of hydrogen-bond acceptors (Lipinski definition) is 5. The van der Waals surface area contributed by atoms with Gasteiger partial charge in [-0.3, -0.25) is 9.59 Å². The molecule has 7 heteroatoms. The predicted molar refractivity (Wildman–Crippen MR) is 90.7 cm³/mol. The first-order valence-corrected chi connectivity index (χ1v) is 8.43. The predicted octanol–water partition coefficient (Wildman–Crippen LogP) is 1.87. The van der Waals surface area contributed by atoms with Crippen LogP contribution in [0.5, 0.6) is 11.5 Å². The minimum absolute atomic E-state index is 0.0308. The summed E-state index contributed by atoms with van der Waals surface area (Å²) in [6.07, 6.45) is 0.681. The molecule has 0 unspecified atom stereocenters. The summed E-state index contributed by atoms with van der Waals surface area (Å²) in [7, 11) is 0. The van der Waals surface area contributed by atoms with Gasteiger partial charge < -0.3 is 20.1 Å². The maximum absolute atomic E-state index is 11.9. The molecule has 3 rings (SSSR count). The monoisotopic (exact) mass is 346 g/mol. The molecule has 0 saturated heterocycles. The van der Waals surface area contributed by atoms with Gasteiger partial charge in [0.25, 0.3) is 5.91 Å². The maximum Gasteiger partial charge on any atom is 0.261 e. The zero-order chi connectivity index (χ0) is 16.9. The zero-order valence-corrected chi connectivity index (χ0v) is 14.1. The van der Waals surface area contributed by atoms with Crippen molar-refractivity contribution in [2.45, 2.75) is 13.3 Å². The van der Waals surface area contributed by atoms with Crippen LogP contribution in [-0.4, -0.2) is 31.7 Å². The van der Waals surface area contributed by atoms with E-state index in [1.807, 2.05) is 31.2 Å². The van der Waals surface area contributed by atoms with E-state index in [0.29, 0.717) is 17.8 Å². The molecule has 0 saturated carbocycles. The van der Waals surface area contributed by atoms with E-state index in [1.54, 1.807) is 6.07 Å². The van der Waals surface area contributed by atoms with Crippen LogP contribution in [0.3, 0.4) is 0 Å². The number of nitrogens with one attached hydrogen (secondary N) is 2. The minimum atomic E-state index is -0.223. The summed E-state index contributed by atoms with van der Waals surface area (Å²) >= 11 is 1.41. The van der Waals surface area contributed by atoms with E-state index in [9.17, 15) is 9.59 Å². The van der Waals surface area contributed by atoms with E-state index in [-0.39, 0.29) is 25.2 Å².